The van der Waals surface area contributed by atoms with E-state index in [1.807, 2.05) is 35.0 Å². The Kier molecular flexibility index (Phi) is 3.95. The van der Waals surface area contributed by atoms with Gasteiger partial charge in [-0.25, -0.2) is 4.98 Å². The number of rotatable bonds is 4. The number of nitrogens with one attached hydrogen (secondary N) is 1. The topological polar surface area (TPSA) is 42.0 Å². The van der Waals surface area contributed by atoms with Crippen LogP contribution >= 0.6 is 34.0 Å². The molecule has 0 saturated heterocycles. The lowest BCUT2D eigenvalue weighted by atomic mass is 10.1. The zero-order valence-electron chi connectivity index (χ0n) is 11.9. The molecule has 1 N–H and O–H groups in total. The summed E-state index contributed by atoms with van der Waals surface area (Å²) >= 11 is 4.84. The van der Waals surface area contributed by atoms with Gasteiger partial charge in [-0.2, -0.15) is 11.3 Å². The van der Waals surface area contributed by atoms with Crippen molar-refractivity contribution in [2.45, 2.75) is 6.04 Å². The van der Waals surface area contributed by atoms with E-state index in [0.717, 1.165) is 20.7 Å². The van der Waals surface area contributed by atoms with Crippen molar-refractivity contribution in [2.24, 2.45) is 0 Å². The van der Waals surface area contributed by atoms with E-state index in [9.17, 15) is 4.79 Å². The molecule has 0 fully saturated rings. The molecule has 0 radical (unpaired) electrons. The molecule has 23 heavy (non-hydrogen) atoms. The Hall–Kier alpha value is -2.02. The second-order valence-corrected chi connectivity index (χ2v) is 7.66. The minimum Gasteiger partial charge on any atom is -0.340 e. The second-order valence-electron chi connectivity index (χ2n) is 5.01. The Balaban J connectivity index is 1.64. The van der Waals surface area contributed by atoms with Crippen molar-refractivity contribution < 1.29 is 4.79 Å². The summed E-state index contributed by atoms with van der Waals surface area (Å²) in [7, 11) is 0. The third kappa shape index (κ3) is 2.93. The monoisotopic (exact) mass is 356 g/mol. The Bertz CT molecular complexity index is 892. The number of hydrogen-bond donors (Lipinski definition) is 1. The molecule has 3 nitrogen and oxygen atoms in total. The third-order valence-electron chi connectivity index (χ3n) is 3.57. The van der Waals surface area contributed by atoms with E-state index in [1.165, 1.54) is 0 Å². The molecule has 0 saturated carbocycles. The predicted octanol–water partition coefficient (Wildman–Crippen LogP) is 4.94. The van der Waals surface area contributed by atoms with Gasteiger partial charge in [-0.15, -0.1) is 22.7 Å². The maximum atomic E-state index is 12.7. The first-order chi connectivity index (χ1) is 11.3. The minimum atomic E-state index is -0.106. The van der Waals surface area contributed by atoms with Crippen LogP contribution in [0.2, 0.25) is 0 Å². The van der Waals surface area contributed by atoms with Crippen molar-refractivity contribution in [2.75, 3.05) is 0 Å². The molecule has 0 aliphatic rings. The zero-order chi connectivity index (χ0) is 15.6. The van der Waals surface area contributed by atoms with E-state index in [4.69, 9.17) is 0 Å². The number of aromatic nitrogens is 1. The molecule has 0 aliphatic carbocycles. The number of hydrogen-bond acceptors (Lipinski definition) is 5. The van der Waals surface area contributed by atoms with Gasteiger partial charge < -0.3 is 5.32 Å². The number of carbonyl (C=O) groups is 1. The maximum absolute atomic E-state index is 12.7. The number of thiazole rings is 1. The van der Waals surface area contributed by atoms with Crippen molar-refractivity contribution >= 4 is 50.1 Å². The summed E-state index contributed by atoms with van der Waals surface area (Å²) in [4.78, 5) is 18.1. The van der Waals surface area contributed by atoms with Crippen LogP contribution in [0.15, 0.2) is 58.0 Å². The maximum Gasteiger partial charge on any atom is 0.252 e. The van der Waals surface area contributed by atoms with Gasteiger partial charge in [0.15, 0.2) is 0 Å². The normalized spacial score (nSPS) is 12.3. The summed E-state index contributed by atoms with van der Waals surface area (Å²) < 4.78 is 1.03. The lowest BCUT2D eigenvalue weighted by Gasteiger charge is -2.16. The largest absolute Gasteiger partial charge is 0.340 e. The summed E-state index contributed by atoms with van der Waals surface area (Å²) in [5.41, 5.74) is 4.51. The van der Waals surface area contributed by atoms with Crippen LogP contribution in [0.25, 0.3) is 10.2 Å². The molecule has 0 spiro atoms. The van der Waals surface area contributed by atoms with Crippen LogP contribution < -0.4 is 5.32 Å². The Morgan fingerprint density at radius 2 is 2.09 bits per heavy atom. The summed E-state index contributed by atoms with van der Waals surface area (Å²) in [5, 5.41) is 9.30. The first kappa shape index (κ1) is 14.6. The molecule has 114 valence electrons. The summed E-state index contributed by atoms with van der Waals surface area (Å²) in [5.74, 6) is -0.0649. The molecule has 6 heteroatoms. The highest BCUT2D eigenvalue weighted by atomic mass is 32.1. The SMILES string of the molecule is O=C(N[C@H](c1ccsc1)c1cccs1)c1ccc2ncsc2c1. The molecule has 3 aromatic heterocycles. The van der Waals surface area contributed by atoms with Crippen molar-refractivity contribution in [3.05, 3.63) is 74.1 Å². The van der Waals surface area contributed by atoms with Crippen LogP contribution in [0.4, 0.5) is 0 Å². The van der Waals surface area contributed by atoms with Crippen LogP contribution in [0.5, 0.6) is 0 Å². The van der Waals surface area contributed by atoms with Gasteiger partial charge in [0, 0.05) is 10.4 Å². The van der Waals surface area contributed by atoms with E-state index in [0.29, 0.717) is 5.56 Å². The van der Waals surface area contributed by atoms with Crippen molar-refractivity contribution in [3.8, 4) is 0 Å². The lowest BCUT2D eigenvalue weighted by molar-refractivity contribution is 0.0943. The van der Waals surface area contributed by atoms with Crippen LogP contribution in [-0.2, 0) is 0 Å². The molecule has 0 unspecified atom stereocenters. The highest BCUT2D eigenvalue weighted by molar-refractivity contribution is 7.16. The number of amides is 1. The summed E-state index contributed by atoms with van der Waals surface area (Å²) in [6, 6.07) is 11.6. The van der Waals surface area contributed by atoms with Gasteiger partial charge in [0.2, 0.25) is 0 Å². The van der Waals surface area contributed by atoms with Crippen LogP contribution in [0, 0.1) is 0 Å². The van der Waals surface area contributed by atoms with Gasteiger partial charge in [0.05, 0.1) is 21.8 Å². The first-order valence-corrected chi connectivity index (χ1v) is 9.71. The first-order valence-electron chi connectivity index (χ1n) is 7.01. The zero-order valence-corrected chi connectivity index (χ0v) is 14.4. The molecule has 1 amide bonds. The van der Waals surface area contributed by atoms with Crippen molar-refractivity contribution in [1.82, 2.24) is 10.3 Å². The number of benzene rings is 1. The Morgan fingerprint density at radius 1 is 1.13 bits per heavy atom. The van der Waals surface area contributed by atoms with Crippen LogP contribution in [-0.4, -0.2) is 10.9 Å². The molecular weight excluding hydrogens is 344 g/mol. The molecular formula is C17H12N2OS3. The molecule has 1 aromatic carbocycles. The number of nitrogens with zero attached hydrogens (tertiary/aromatic N) is 1. The number of fused-ring (bicyclic) bond motifs is 1. The van der Waals surface area contributed by atoms with Gasteiger partial charge in [0.1, 0.15) is 0 Å². The molecule has 4 aromatic rings. The average Bonchev–Trinajstić information content (AvgIpc) is 3.34. The molecule has 0 aliphatic heterocycles. The number of carbonyl (C=O) groups excluding carboxylic acids is 1. The Morgan fingerprint density at radius 3 is 2.87 bits per heavy atom. The molecule has 3 heterocycles. The third-order valence-corrected chi connectivity index (χ3v) is 6.00. The summed E-state index contributed by atoms with van der Waals surface area (Å²) in [6.45, 7) is 0. The Labute approximate surface area is 145 Å². The standard InChI is InChI=1S/C17H12N2OS3/c20-17(11-3-4-13-15(8-11)23-10-18-13)19-16(12-5-7-21-9-12)14-2-1-6-22-14/h1-10,16H,(H,19,20)/t16-/m1/s1. The highest BCUT2D eigenvalue weighted by Crippen LogP contribution is 2.28. The summed E-state index contributed by atoms with van der Waals surface area (Å²) in [6.07, 6.45) is 0. The van der Waals surface area contributed by atoms with Gasteiger partial charge in [-0.3, -0.25) is 4.79 Å². The van der Waals surface area contributed by atoms with E-state index in [2.05, 4.69) is 27.8 Å². The smallest absolute Gasteiger partial charge is 0.252 e. The quantitative estimate of drug-likeness (QED) is 0.563. The lowest BCUT2D eigenvalue weighted by Crippen LogP contribution is -2.28. The molecule has 1 atom stereocenters. The van der Waals surface area contributed by atoms with Gasteiger partial charge in [-0.05, 0) is 52.0 Å². The fourth-order valence-corrected chi connectivity index (χ4v) is 4.63. The van der Waals surface area contributed by atoms with Gasteiger partial charge in [-0.1, -0.05) is 6.07 Å². The van der Waals surface area contributed by atoms with E-state index in [-0.39, 0.29) is 11.9 Å². The van der Waals surface area contributed by atoms with Crippen molar-refractivity contribution in [3.63, 3.8) is 0 Å². The minimum absolute atomic E-state index is 0.0649. The van der Waals surface area contributed by atoms with Crippen LogP contribution in [0.1, 0.15) is 26.8 Å². The van der Waals surface area contributed by atoms with E-state index >= 15 is 0 Å². The number of thiophene rings is 2. The molecule has 0 bridgehead atoms. The highest BCUT2D eigenvalue weighted by Gasteiger charge is 2.19. The average molecular weight is 356 g/mol. The van der Waals surface area contributed by atoms with Crippen molar-refractivity contribution in [1.29, 1.82) is 0 Å². The van der Waals surface area contributed by atoms with Gasteiger partial charge >= 0.3 is 0 Å². The van der Waals surface area contributed by atoms with Gasteiger partial charge in [0.25, 0.3) is 5.91 Å². The van der Waals surface area contributed by atoms with E-state index in [1.54, 1.807) is 39.5 Å². The second kappa shape index (κ2) is 6.23. The predicted molar refractivity (Wildman–Crippen MR) is 97.6 cm³/mol. The molecule has 4 rings (SSSR count). The van der Waals surface area contributed by atoms with E-state index < -0.39 is 0 Å². The fourth-order valence-electron chi connectivity index (χ4n) is 2.42. The fraction of sp³-hybridized carbons (Fsp3) is 0.0588. The van der Waals surface area contributed by atoms with Crippen LogP contribution in [0.3, 0.4) is 0 Å².